The summed E-state index contributed by atoms with van der Waals surface area (Å²) in [5, 5.41) is 17.7. The molecule has 3 N–H and O–H groups in total. The van der Waals surface area contributed by atoms with Gasteiger partial charge in [0.25, 0.3) is 5.91 Å². The molecular formula is C32H29ClFN3O2. The Morgan fingerprint density at radius 2 is 1.77 bits per heavy atom. The van der Waals surface area contributed by atoms with Crippen molar-refractivity contribution < 1.29 is 14.3 Å². The predicted octanol–water partition coefficient (Wildman–Crippen LogP) is 6.61. The van der Waals surface area contributed by atoms with Crippen LogP contribution in [0.4, 0.5) is 10.1 Å². The molecule has 1 aliphatic rings. The number of benzene rings is 4. The summed E-state index contributed by atoms with van der Waals surface area (Å²) in [5.41, 5.74) is 6.19. The number of aliphatic imine (C=N–C) groups is 1. The van der Waals surface area contributed by atoms with Gasteiger partial charge in [-0.25, -0.2) is 4.39 Å². The maximum absolute atomic E-state index is 13.1. The van der Waals surface area contributed by atoms with E-state index in [0.29, 0.717) is 30.0 Å². The van der Waals surface area contributed by atoms with E-state index in [-0.39, 0.29) is 11.7 Å². The number of amidine groups is 1. The highest BCUT2D eigenvalue weighted by Gasteiger charge is 2.32. The van der Waals surface area contributed by atoms with Crippen LogP contribution < -0.4 is 10.6 Å². The van der Waals surface area contributed by atoms with E-state index in [4.69, 9.17) is 11.6 Å². The maximum Gasteiger partial charge on any atom is 0.251 e. The quantitative estimate of drug-likeness (QED) is 0.182. The van der Waals surface area contributed by atoms with E-state index in [1.54, 1.807) is 24.3 Å². The summed E-state index contributed by atoms with van der Waals surface area (Å²) in [4.78, 5) is 17.6. The van der Waals surface area contributed by atoms with Crippen LogP contribution >= 0.6 is 11.6 Å². The second kappa shape index (κ2) is 11.8. The summed E-state index contributed by atoms with van der Waals surface area (Å²) in [6, 6.07) is 26.7. The number of halogens is 2. The summed E-state index contributed by atoms with van der Waals surface area (Å²) in [7, 11) is 0. The topological polar surface area (TPSA) is 73.7 Å². The summed E-state index contributed by atoms with van der Waals surface area (Å²) in [5.74, 6) is 0.250. The Balaban J connectivity index is 1.23. The van der Waals surface area contributed by atoms with Crippen molar-refractivity contribution in [2.24, 2.45) is 4.99 Å². The Hall–Kier alpha value is -4.00. The standard InChI is InChI=1S/C32H29ClFN3O2/c1-20(35-16-15-21-5-12-27(34)13-6-21)36-28-14-11-25-18-30(38)31(29(25)19-28)37-32(39)23-9-7-22(8-10-23)24-3-2-4-26(33)17-24/h2-14,17,19,30-31,38H,15-16,18H2,1H3,(H,35,36)(H,37,39)/t30-,31-/m1/s1. The van der Waals surface area contributed by atoms with Crippen molar-refractivity contribution in [3.63, 3.8) is 0 Å². The van der Waals surface area contributed by atoms with Crippen molar-refractivity contribution in [3.05, 3.63) is 124 Å². The van der Waals surface area contributed by atoms with Crippen LogP contribution in [0, 0.1) is 5.82 Å². The summed E-state index contributed by atoms with van der Waals surface area (Å²) in [6.45, 7) is 2.46. The number of carbonyl (C=O) groups excluding carboxylic acids is 1. The number of hydrogen-bond acceptors (Lipinski definition) is 3. The van der Waals surface area contributed by atoms with Gasteiger partial charge in [-0.05, 0) is 89.7 Å². The van der Waals surface area contributed by atoms with E-state index in [9.17, 15) is 14.3 Å². The Labute approximate surface area is 232 Å². The average Bonchev–Trinajstić information content (AvgIpc) is 3.24. The SMILES string of the molecule is CC(=NCCc1ccc(F)cc1)Nc1ccc2c(c1)[C@@H](NC(=O)c1ccc(-c3cccc(Cl)c3)cc1)[C@H](O)C2. The first-order chi connectivity index (χ1) is 18.9. The molecule has 7 heteroatoms. The first-order valence-electron chi connectivity index (χ1n) is 12.9. The molecule has 2 atom stereocenters. The zero-order valence-corrected chi connectivity index (χ0v) is 22.3. The molecule has 0 bridgehead atoms. The van der Waals surface area contributed by atoms with Crippen LogP contribution in [0.3, 0.4) is 0 Å². The minimum absolute atomic E-state index is 0.247. The molecule has 5 rings (SSSR count). The van der Waals surface area contributed by atoms with Crippen LogP contribution in [0.5, 0.6) is 0 Å². The van der Waals surface area contributed by atoms with Crippen molar-refractivity contribution >= 4 is 29.0 Å². The van der Waals surface area contributed by atoms with Gasteiger partial charge in [-0.3, -0.25) is 9.79 Å². The zero-order chi connectivity index (χ0) is 27.4. The number of fused-ring (bicyclic) bond motifs is 1. The first kappa shape index (κ1) is 26.6. The van der Waals surface area contributed by atoms with Gasteiger partial charge in [0.2, 0.25) is 0 Å². The molecule has 0 fully saturated rings. The van der Waals surface area contributed by atoms with Gasteiger partial charge < -0.3 is 15.7 Å². The van der Waals surface area contributed by atoms with E-state index < -0.39 is 12.1 Å². The molecule has 5 nitrogen and oxygen atoms in total. The molecule has 0 aliphatic heterocycles. The molecule has 0 radical (unpaired) electrons. The number of amides is 1. The van der Waals surface area contributed by atoms with E-state index >= 15 is 0 Å². The van der Waals surface area contributed by atoms with Gasteiger partial charge in [-0.1, -0.05) is 54.1 Å². The molecule has 198 valence electrons. The third kappa shape index (κ3) is 6.53. The molecule has 4 aromatic rings. The van der Waals surface area contributed by atoms with Crippen LogP contribution in [0.15, 0.2) is 96.0 Å². The number of rotatable bonds is 7. The van der Waals surface area contributed by atoms with Gasteiger partial charge in [0.1, 0.15) is 5.82 Å². The number of nitrogens with zero attached hydrogens (tertiary/aromatic N) is 1. The van der Waals surface area contributed by atoms with Crippen molar-refractivity contribution in [2.45, 2.75) is 31.9 Å². The Bertz CT molecular complexity index is 1500. The fourth-order valence-electron chi connectivity index (χ4n) is 4.83. The predicted molar refractivity (Wildman–Crippen MR) is 155 cm³/mol. The Kier molecular flexibility index (Phi) is 8.05. The van der Waals surface area contributed by atoms with Crippen LogP contribution in [-0.2, 0) is 12.8 Å². The highest BCUT2D eigenvalue weighted by molar-refractivity contribution is 6.30. The molecule has 0 spiro atoms. The third-order valence-electron chi connectivity index (χ3n) is 6.87. The Morgan fingerprint density at radius 3 is 2.51 bits per heavy atom. The smallest absolute Gasteiger partial charge is 0.251 e. The molecule has 39 heavy (non-hydrogen) atoms. The number of aliphatic hydroxyl groups excluding tert-OH is 1. The summed E-state index contributed by atoms with van der Waals surface area (Å²) in [6.07, 6.45) is 0.471. The molecule has 4 aromatic carbocycles. The minimum atomic E-state index is -0.713. The van der Waals surface area contributed by atoms with E-state index in [1.807, 2.05) is 61.5 Å². The van der Waals surface area contributed by atoms with Crippen molar-refractivity contribution in [1.82, 2.24) is 5.32 Å². The molecule has 0 saturated carbocycles. The van der Waals surface area contributed by atoms with Crippen LogP contribution in [0.1, 0.15) is 40.0 Å². The molecule has 0 unspecified atom stereocenters. The first-order valence-corrected chi connectivity index (χ1v) is 13.2. The number of anilines is 1. The van der Waals surface area contributed by atoms with Crippen LogP contribution in [0.2, 0.25) is 5.02 Å². The molecule has 0 heterocycles. The lowest BCUT2D eigenvalue weighted by atomic mass is 10.0. The lowest BCUT2D eigenvalue weighted by Gasteiger charge is -2.19. The van der Waals surface area contributed by atoms with Gasteiger partial charge >= 0.3 is 0 Å². The van der Waals surface area contributed by atoms with E-state index in [2.05, 4.69) is 15.6 Å². The minimum Gasteiger partial charge on any atom is -0.390 e. The van der Waals surface area contributed by atoms with Gasteiger partial charge in [0.05, 0.1) is 18.0 Å². The van der Waals surface area contributed by atoms with E-state index in [1.165, 1.54) is 12.1 Å². The number of nitrogens with one attached hydrogen (secondary N) is 2. The lowest BCUT2D eigenvalue weighted by Crippen LogP contribution is -2.33. The fourth-order valence-corrected chi connectivity index (χ4v) is 5.02. The summed E-state index contributed by atoms with van der Waals surface area (Å²) < 4.78 is 13.1. The van der Waals surface area contributed by atoms with Crippen LogP contribution in [0.25, 0.3) is 11.1 Å². The molecule has 1 amide bonds. The number of hydrogen-bond donors (Lipinski definition) is 3. The monoisotopic (exact) mass is 541 g/mol. The van der Waals surface area contributed by atoms with Gasteiger partial charge in [0, 0.05) is 29.2 Å². The molecule has 0 saturated heterocycles. The van der Waals surface area contributed by atoms with Crippen molar-refractivity contribution in [2.75, 3.05) is 11.9 Å². The van der Waals surface area contributed by atoms with Crippen molar-refractivity contribution in [3.8, 4) is 11.1 Å². The highest BCUT2D eigenvalue weighted by Crippen LogP contribution is 2.34. The number of aliphatic hydroxyl groups is 1. The van der Waals surface area contributed by atoms with Gasteiger partial charge in [-0.2, -0.15) is 0 Å². The lowest BCUT2D eigenvalue weighted by molar-refractivity contribution is 0.0858. The second-order valence-electron chi connectivity index (χ2n) is 9.69. The van der Waals surface area contributed by atoms with E-state index in [0.717, 1.165) is 39.3 Å². The van der Waals surface area contributed by atoms with Crippen LogP contribution in [-0.4, -0.2) is 29.5 Å². The largest absolute Gasteiger partial charge is 0.390 e. The summed E-state index contributed by atoms with van der Waals surface area (Å²) >= 11 is 6.11. The highest BCUT2D eigenvalue weighted by atomic mass is 35.5. The van der Waals surface area contributed by atoms with Crippen molar-refractivity contribution in [1.29, 1.82) is 0 Å². The van der Waals surface area contributed by atoms with Gasteiger partial charge in [-0.15, -0.1) is 0 Å². The molecular weight excluding hydrogens is 513 g/mol. The maximum atomic E-state index is 13.1. The third-order valence-corrected chi connectivity index (χ3v) is 7.11. The Morgan fingerprint density at radius 1 is 1.00 bits per heavy atom. The molecule has 0 aromatic heterocycles. The normalized spacial score (nSPS) is 16.6. The molecule has 1 aliphatic carbocycles. The average molecular weight is 542 g/mol. The zero-order valence-electron chi connectivity index (χ0n) is 21.5. The fraction of sp³-hybridized carbons (Fsp3) is 0.188. The van der Waals surface area contributed by atoms with Gasteiger partial charge in [0.15, 0.2) is 0 Å². The second-order valence-corrected chi connectivity index (χ2v) is 10.1. The number of carbonyl (C=O) groups is 1.